The fourth-order valence-electron chi connectivity index (χ4n) is 5.68. The molecule has 2 atom stereocenters. The van der Waals surface area contributed by atoms with Crippen molar-refractivity contribution in [3.05, 3.63) is 132 Å². The first-order valence-electron chi connectivity index (χ1n) is 17.5. The van der Waals surface area contributed by atoms with Crippen LogP contribution in [0.15, 0.2) is 115 Å². The number of hydrogen-bond donors (Lipinski definition) is 2. The van der Waals surface area contributed by atoms with Crippen LogP contribution in [0, 0.1) is 11.8 Å². The molecule has 4 aromatic rings. The molecule has 3 amide bonds. The van der Waals surface area contributed by atoms with Crippen molar-refractivity contribution < 1.29 is 28.7 Å². The molecular weight excluding hydrogens is 642 g/mol. The molecule has 0 fully saturated rings. The third-order valence-electron chi connectivity index (χ3n) is 8.30. The van der Waals surface area contributed by atoms with Crippen molar-refractivity contribution in [3.63, 3.8) is 0 Å². The van der Waals surface area contributed by atoms with Crippen LogP contribution in [-0.4, -0.2) is 61.1 Å². The molecule has 0 spiro atoms. The molecule has 268 valence electrons. The molecule has 0 radical (unpaired) electrons. The molecule has 0 aliphatic carbocycles. The summed E-state index contributed by atoms with van der Waals surface area (Å²) < 4.78 is 11.3. The number of nitrogens with zero attached hydrogens (tertiary/aromatic N) is 1. The van der Waals surface area contributed by atoms with Crippen molar-refractivity contribution in [2.75, 3.05) is 26.2 Å². The van der Waals surface area contributed by atoms with Gasteiger partial charge in [0.2, 0.25) is 5.91 Å². The number of nitrogens with one attached hydrogen (secondary N) is 2. The van der Waals surface area contributed by atoms with E-state index in [1.165, 1.54) is 6.92 Å². The van der Waals surface area contributed by atoms with Crippen molar-refractivity contribution in [2.45, 2.75) is 52.7 Å². The number of benzene rings is 4. The number of ether oxygens (including phenoxy) is 2. The van der Waals surface area contributed by atoms with Gasteiger partial charge in [-0.25, -0.2) is 9.59 Å². The van der Waals surface area contributed by atoms with Gasteiger partial charge in [-0.05, 0) is 46.6 Å². The molecule has 0 aliphatic heterocycles. The van der Waals surface area contributed by atoms with Gasteiger partial charge in [-0.15, -0.1) is 0 Å². The second kappa shape index (κ2) is 20.3. The zero-order valence-corrected chi connectivity index (χ0v) is 29.8. The summed E-state index contributed by atoms with van der Waals surface area (Å²) in [6, 6.07) is 35.7. The van der Waals surface area contributed by atoms with Gasteiger partial charge in [0, 0.05) is 26.4 Å². The zero-order valence-electron chi connectivity index (χ0n) is 29.8. The highest BCUT2D eigenvalue weighted by Gasteiger charge is 2.30. The molecule has 4 rings (SSSR count). The Balaban J connectivity index is 1.52. The van der Waals surface area contributed by atoms with E-state index in [1.807, 2.05) is 129 Å². The normalized spacial score (nSPS) is 12.0. The van der Waals surface area contributed by atoms with Crippen LogP contribution < -0.4 is 10.6 Å². The van der Waals surface area contributed by atoms with Gasteiger partial charge < -0.3 is 25.0 Å². The fraction of sp³-hybridized carbons (Fsp3) is 0.333. The monoisotopic (exact) mass is 691 g/mol. The predicted molar refractivity (Wildman–Crippen MR) is 198 cm³/mol. The molecule has 51 heavy (non-hydrogen) atoms. The first-order chi connectivity index (χ1) is 24.7. The molecule has 0 saturated heterocycles. The summed E-state index contributed by atoms with van der Waals surface area (Å²) in [6.45, 7) is 6.11. The summed E-state index contributed by atoms with van der Waals surface area (Å²) in [5.41, 5.74) is 4.88. The number of esters is 2. The lowest BCUT2D eigenvalue weighted by molar-refractivity contribution is -0.150. The molecule has 9 heteroatoms. The first kappa shape index (κ1) is 38.4. The minimum Gasteiger partial charge on any atom is -0.464 e. The molecule has 0 heterocycles. The Morgan fingerprint density at radius 2 is 1.25 bits per heavy atom. The lowest BCUT2D eigenvalue weighted by atomic mass is 9.98. The van der Waals surface area contributed by atoms with Gasteiger partial charge in [0.1, 0.15) is 19.3 Å². The summed E-state index contributed by atoms with van der Waals surface area (Å²) >= 11 is 0. The molecule has 0 saturated carbocycles. The maximum atomic E-state index is 14.1. The molecule has 9 nitrogen and oxygen atoms in total. The summed E-state index contributed by atoms with van der Waals surface area (Å²) in [7, 11) is 0. The lowest BCUT2D eigenvalue weighted by Crippen LogP contribution is -2.52. The Bertz CT molecular complexity index is 1660. The van der Waals surface area contributed by atoms with Crippen LogP contribution in [0.2, 0.25) is 0 Å². The van der Waals surface area contributed by atoms with Crippen LogP contribution in [0.3, 0.4) is 0 Å². The Hall–Kier alpha value is -5.44. The van der Waals surface area contributed by atoms with Crippen molar-refractivity contribution in [1.29, 1.82) is 0 Å². The van der Waals surface area contributed by atoms with Crippen LogP contribution in [0.1, 0.15) is 43.9 Å². The predicted octanol–water partition coefficient (Wildman–Crippen LogP) is 6.60. The van der Waals surface area contributed by atoms with Gasteiger partial charge in [0.05, 0.1) is 12.5 Å². The standard InChI is InChI=1S/C42H49N3O6/c1-31(2)28-45(29-38(24-19-33-13-7-4-8-14-33)40(47)50-26-25-43-32(3)46)42(49)44-39(41(48)51-30-35-15-9-5-10-16-35)27-34-20-22-37(23-21-34)36-17-11-6-12-18-36/h4-18,20-23,31,38-39H,19,24-30H2,1-3H3,(H,43,46)(H,44,49)/t38?,39-/m0/s1. The maximum absolute atomic E-state index is 14.1. The first-order valence-corrected chi connectivity index (χ1v) is 17.5. The van der Waals surface area contributed by atoms with E-state index in [0.717, 1.165) is 27.8 Å². The van der Waals surface area contributed by atoms with E-state index in [4.69, 9.17) is 9.47 Å². The highest BCUT2D eigenvalue weighted by Crippen LogP contribution is 2.21. The van der Waals surface area contributed by atoms with Gasteiger partial charge in [0.15, 0.2) is 0 Å². The Morgan fingerprint density at radius 3 is 1.86 bits per heavy atom. The number of carbonyl (C=O) groups excluding carboxylic acids is 4. The van der Waals surface area contributed by atoms with Gasteiger partial charge in [-0.2, -0.15) is 0 Å². The highest BCUT2D eigenvalue weighted by molar-refractivity contribution is 5.84. The van der Waals surface area contributed by atoms with Crippen LogP contribution >= 0.6 is 0 Å². The van der Waals surface area contributed by atoms with Crippen molar-refractivity contribution in [2.24, 2.45) is 11.8 Å². The Morgan fingerprint density at radius 1 is 0.667 bits per heavy atom. The van der Waals surface area contributed by atoms with Crippen LogP contribution in [0.4, 0.5) is 4.79 Å². The summed E-state index contributed by atoms with van der Waals surface area (Å²) in [5.74, 6) is -1.77. The highest BCUT2D eigenvalue weighted by atomic mass is 16.5. The summed E-state index contributed by atoms with van der Waals surface area (Å²) in [5, 5.41) is 5.58. The molecule has 0 bridgehead atoms. The van der Waals surface area contributed by atoms with Crippen LogP contribution in [0.5, 0.6) is 0 Å². The quantitative estimate of drug-likeness (QED) is 0.0898. The van der Waals surface area contributed by atoms with E-state index in [0.29, 0.717) is 19.4 Å². The number of carbonyl (C=O) groups is 4. The lowest BCUT2D eigenvalue weighted by Gasteiger charge is -2.30. The van der Waals surface area contributed by atoms with Crippen molar-refractivity contribution in [1.82, 2.24) is 15.5 Å². The van der Waals surface area contributed by atoms with Gasteiger partial charge in [0.25, 0.3) is 0 Å². The van der Waals surface area contributed by atoms with E-state index in [9.17, 15) is 19.2 Å². The van der Waals surface area contributed by atoms with Gasteiger partial charge in [-0.3, -0.25) is 9.59 Å². The third-order valence-corrected chi connectivity index (χ3v) is 8.30. The number of urea groups is 1. The molecule has 0 aromatic heterocycles. The zero-order chi connectivity index (χ0) is 36.4. The van der Waals surface area contributed by atoms with Crippen LogP contribution in [0.25, 0.3) is 11.1 Å². The second-order valence-electron chi connectivity index (χ2n) is 13.0. The minimum atomic E-state index is -0.981. The number of amides is 3. The topological polar surface area (TPSA) is 114 Å². The SMILES string of the molecule is CC(=O)NCCOC(=O)C(CCc1ccccc1)CN(CC(C)C)C(=O)N[C@@H](Cc1ccc(-c2ccccc2)cc1)C(=O)OCc1ccccc1. The third kappa shape index (κ3) is 13.4. The average molecular weight is 692 g/mol. The largest absolute Gasteiger partial charge is 0.464 e. The van der Waals surface area contributed by atoms with E-state index < -0.39 is 29.9 Å². The number of hydrogen-bond acceptors (Lipinski definition) is 6. The van der Waals surface area contributed by atoms with Crippen molar-refractivity contribution >= 4 is 23.9 Å². The molecular formula is C42H49N3O6. The van der Waals surface area contributed by atoms with E-state index in [2.05, 4.69) is 10.6 Å². The summed E-state index contributed by atoms with van der Waals surface area (Å²) in [4.78, 5) is 54.0. The average Bonchev–Trinajstić information content (AvgIpc) is 3.14. The molecule has 1 unspecified atom stereocenters. The smallest absolute Gasteiger partial charge is 0.329 e. The maximum Gasteiger partial charge on any atom is 0.329 e. The molecule has 0 aliphatic rings. The van der Waals surface area contributed by atoms with Gasteiger partial charge in [-0.1, -0.05) is 129 Å². The minimum absolute atomic E-state index is 0.0228. The van der Waals surface area contributed by atoms with E-state index >= 15 is 0 Å². The van der Waals surface area contributed by atoms with Crippen molar-refractivity contribution in [3.8, 4) is 11.1 Å². The fourth-order valence-corrected chi connectivity index (χ4v) is 5.68. The van der Waals surface area contributed by atoms with Crippen LogP contribution in [-0.2, 0) is 43.3 Å². The Labute approximate surface area is 301 Å². The van der Waals surface area contributed by atoms with Gasteiger partial charge >= 0.3 is 18.0 Å². The number of aryl methyl sites for hydroxylation is 1. The molecule has 2 N–H and O–H groups in total. The number of rotatable bonds is 18. The second-order valence-corrected chi connectivity index (χ2v) is 13.0. The summed E-state index contributed by atoms with van der Waals surface area (Å²) in [6.07, 6.45) is 1.27. The van der Waals surface area contributed by atoms with E-state index in [-0.39, 0.29) is 44.5 Å². The molecule has 4 aromatic carbocycles. The van der Waals surface area contributed by atoms with E-state index in [1.54, 1.807) is 4.90 Å². The Kier molecular flexibility index (Phi) is 15.3.